The van der Waals surface area contributed by atoms with Gasteiger partial charge in [-0.05, 0) is 17.8 Å². The van der Waals surface area contributed by atoms with E-state index in [2.05, 4.69) is 27.6 Å². The first-order chi connectivity index (χ1) is 8.70. The van der Waals surface area contributed by atoms with Gasteiger partial charge in [0.25, 0.3) is 5.95 Å². The van der Waals surface area contributed by atoms with E-state index in [0.29, 0.717) is 18.3 Å². The average molecular weight is 246 g/mol. The number of hydrogen-bond acceptors (Lipinski definition) is 5. The van der Waals surface area contributed by atoms with Crippen LogP contribution >= 0.6 is 0 Å². The van der Waals surface area contributed by atoms with Gasteiger partial charge in [-0.1, -0.05) is 30.3 Å². The monoisotopic (exact) mass is 246 g/mol. The lowest BCUT2D eigenvalue weighted by atomic mass is 10.0. The van der Waals surface area contributed by atoms with Crippen molar-refractivity contribution >= 4 is 5.95 Å². The van der Waals surface area contributed by atoms with E-state index in [1.807, 2.05) is 44.2 Å². The van der Waals surface area contributed by atoms with Crippen LogP contribution in [0.15, 0.2) is 34.9 Å². The first-order valence-corrected chi connectivity index (χ1v) is 5.93. The summed E-state index contributed by atoms with van der Waals surface area (Å²) in [5, 5.41) is 7.17. The van der Waals surface area contributed by atoms with Crippen LogP contribution in [-0.4, -0.2) is 31.3 Å². The molecule has 0 aliphatic rings. The molecular formula is C13H18N4O. The molecule has 0 fully saturated rings. The maximum atomic E-state index is 5.24. The predicted molar refractivity (Wildman–Crippen MR) is 70.6 cm³/mol. The number of likely N-dealkylation sites (N-methyl/N-ethyl adjacent to an activating group) is 1. The van der Waals surface area contributed by atoms with Gasteiger partial charge in [0.15, 0.2) is 0 Å². The highest BCUT2D eigenvalue weighted by Crippen LogP contribution is 2.17. The van der Waals surface area contributed by atoms with Gasteiger partial charge in [-0.2, -0.15) is 4.98 Å². The fraction of sp³-hybridized carbons (Fsp3) is 0.385. The summed E-state index contributed by atoms with van der Waals surface area (Å²) in [6.07, 6.45) is 0.682. The van der Waals surface area contributed by atoms with Crippen molar-refractivity contribution in [3.05, 3.63) is 41.8 Å². The standard InChI is InChI=1S/C13H18N4O/c1-14-11(10-7-5-4-6-8-10)9-12-15-13(16-18-12)17(2)3/h4-8,11,14H,9H2,1-3H3. The zero-order valence-electron chi connectivity index (χ0n) is 10.9. The van der Waals surface area contributed by atoms with Gasteiger partial charge >= 0.3 is 0 Å². The highest BCUT2D eigenvalue weighted by molar-refractivity contribution is 5.25. The lowest BCUT2D eigenvalue weighted by molar-refractivity contribution is 0.362. The second-order valence-corrected chi connectivity index (χ2v) is 4.34. The van der Waals surface area contributed by atoms with Gasteiger partial charge in [0, 0.05) is 26.6 Å². The Kier molecular flexibility index (Phi) is 3.94. The molecule has 5 nitrogen and oxygen atoms in total. The lowest BCUT2D eigenvalue weighted by Gasteiger charge is -2.13. The molecule has 2 aromatic rings. The number of nitrogens with zero attached hydrogens (tertiary/aromatic N) is 3. The molecule has 1 heterocycles. The van der Waals surface area contributed by atoms with Gasteiger partial charge in [-0.3, -0.25) is 0 Å². The summed E-state index contributed by atoms with van der Waals surface area (Å²) in [5.74, 6) is 1.25. The summed E-state index contributed by atoms with van der Waals surface area (Å²) in [6, 6.07) is 10.4. The normalized spacial score (nSPS) is 12.4. The van der Waals surface area contributed by atoms with E-state index in [-0.39, 0.29) is 6.04 Å². The number of rotatable bonds is 5. The van der Waals surface area contributed by atoms with Crippen molar-refractivity contribution in [2.24, 2.45) is 0 Å². The second kappa shape index (κ2) is 5.64. The number of aromatic nitrogens is 2. The molecule has 1 atom stereocenters. The van der Waals surface area contributed by atoms with Crippen LogP contribution < -0.4 is 10.2 Å². The van der Waals surface area contributed by atoms with E-state index in [1.54, 1.807) is 0 Å². The Morgan fingerprint density at radius 1 is 1.28 bits per heavy atom. The van der Waals surface area contributed by atoms with Crippen LogP contribution in [0.25, 0.3) is 0 Å². The summed E-state index contributed by atoms with van der Waals surface area (Å²) in [4.78, 5) is 6.15. The van der Waals surface area contributed by atoms with E-state index in [9.17, 15) is 0 Å². The van der Waals surface area contributed by atoms with Crippen LogP contribution in [0.4, 0.5) is 5.95 Å². The highest BCUT2D eigenvalue weighted by atomic mass is 16.5. The maximum Gasteiger partial charge on any atom is 0.265 e. The van der Waals surface area contributed by atoms with Crippen LogP contribution in [0.3, 0.4) is 0 Å². The fourth-order valence-corrected chi connectivity index (χ4v) is 1.76. The Morgan fingerprint density at radius 2 is 2.00 bits per heavy atom. The molecule has 0 radical (unpaired) electrons. The topological polar surface area (TPSA) is 54.2 Å². The van der Waals surface area contributed by atoms with E-state index in [0.717, 1.165) is 0 Å². The number of hydrogen-bond donors (Lipinski definition) is 1. The third kappa shape index (κ3) is 2.87. The summed E-state index contributed by atoms with van der Waals surface area (Å²) in [7, 11) is 5.71. The van der Waals surface area contributed by atoms with Crippen molar-refractivity contribution < 1.29 is 4.52 Å². The average Bonchev–Trinajstić information content (AvgIpc) is 2.86. The highest BCUT2D eigenvalue weighted by Gasteiger charge is 2.15. The Labute approximate surface area is 107 Å². The minimum Gasteiger partial charge on any atom is -0.344 e. The van der Waals surface area contributed by atoms with E-state index >= 15 is 0 Å². The molecule has 1 unspecified atom stereocenters. The molecule has 5 heteroatoms. The van der Waals surface area contributed by atoms with Gasteiger partial charge in [0.2, 0.25) is 5.89 Å². The van der Waals surface area contributed by atoms with Crippen molar-refractivity contribution in [3.63, 3.8) is 0 Å². The minimum absolute atomic E-state index is 0.182. The molecule has 0 amide bonds. The Hall–Kier alpha value is -1.88. The number of anilines is 1. The van der Waals surface area contributed by atoms with Gasteiger partial charge in [-0.25, -0.2) is 0 Å². The first kappa shape index (κ1) is 12.6. The van der Waals surface area contributed by atoms with Crippen molar-refractivity contribution in [1.82, 2.24) is 15.5 Å². The van der Waals surface area contributed by atoms with Gasteiger partial charge in [-0.15, -0.1) is 0 Å². The molecule has 96 valence electrons. The lowest BCUT2D eigenvalue weighted by Crippen LogP contribution is -2.19. The maximum absolute atomic E-state index is 5.24. The molecule has 18 heavy (non-hydrogen) atoms. The van der Waals surface area contributed by atoms with Crippen molar-refractivity contribution in [3.8, 4) is 0 Å². The molecular weight excluding hydrogens is 228 g/mol. The van der Waals surface area contributed by atoms with Crippen LogP contribution in [0.5, 0.6) is 0 Å². The van der Waals surface area contributed by atoms with Crippen LogP contribution in [0.2, 0.25) is 0 Å². The second-order valence-electron chi connectivity index (χ2n) is 4.34. The zero-order chi connectivity index (χ0) is 13.0. The molecule has 0 aliphatic carbocycles. The Bertz CT molecular complexity index is 481. The molecule has 1 aromatic carbocycles. The summed E-state index contributed by atoms with van der Waals surface area (Å²) >= 11 is 0. The smallest absolute Gasteiger partial charge is 0.265 e. The largest absolute Gasteiger partial charge is 0.344 e. The third-order valence-electron chi connectivity index (χ3n) is 2.79. The molecule has 0 bridgehead atoms. The SMILES string of the molecule is CNC(Cc1nc(N(C)C)no1)c1ccccc1. The van der Waals surface area contributed by atoms with Crippen molar-refractivity contribution in [2.75, 3.05) is 26.0 Å². The van der Waals surface area contributed by atoms with Crippen LogP contribution in [0, 0.1) is 0 Å². The van der Waals surface area contributed by atoms with Crippen LogP contribution in [-0.2, 0) is 6.42 Å². The van der Waals surface area contributed by atoms with Gasteiger partial charge in [0.05, 0.1) is 0 Å². The zero-order valence-corrected chi connectivity index (χ0v) is 10.9. The summed E-state index contributed by atoms with van der Waals surface area (Å²) in [6.45, 7) is 0. The van der Waals surface area contributed by atoms with E-state index < -0.39 is 0 Å². The minimum atomic E-state index is 0.182. The van der Waals surface area contributed by atoms with E-state index in [4.69, 9.17) is 4.52 Å². The molecule has 2 rings (SSSR count). The van der Waals surface area contributed by atoms with Crippen molar-refractivity contribution in [2.45, 2.75) is 12.5 Å². The number of benzene rings is 1. The summed E-state index contributed by atoms with van der Waals surface area (Å²) < 4.78 is 5.24. The fourth-order valence-electron chi connectivity index (χ4n) is 1.76. The molecule has 0 saturated carbocycles. The first-order valence-electron chi connectivity index (χ1n) is 5.93. The summed E-state index contributed by atoms with van der Waals surface area (Å²) in [5.41, 5.74) is 1.21. The predicted octanol–water partition coefficient (Wildman–Crippen LogP) is 1.64. The molecule has 1 N–H and O–H groups in total. The van der Waals surface area contributed by atoms with Gasteiger partial charge < -0.3 is 14.7 Å². The van der Waals surface area contributed by atoms with E-state index in [1.165, 1.54) is 5.56 Å². The van der Waals surface area contributed by atoms with Crippen LogP contribution in [0.1, 0.15) is 17.5 Å². The Balaban J connectivity index is 2.10. The third-order valence-corrected chi connectivity index (χ3v) is 2.79. The molecule has 0 saturated heterocycles. The van der Waals surface area contributed by atoms with Crippen molar-refractivity contribution in [1.29, 1.82) is 0 Å². The molecule has 0 spiro atoms. The van der Waals surface area contributed by atoms with Gasteiger partial charge in [0.1, 0.15) is 0 Å². The quantitative estimate of drug-likeness (QED) is 0.869. The molecule has 1 aromatic heterocycles. The Morgan fingerprint density at radius 3 is 2.56 bits per heavy atom. The molecule has 0 aliphatic heterocycles. The number of nitrogens with one attached hydrogen (secondary N) is 1.